The molecule has 1 aromatic rings. The minimum Gasteiger partial charge on any atom is -0.495 e. The van der Waals surface area contributed by atoms with Crippen LogP contribution in [0.2, 0.25) is 0 Å². The monoisotopic (exact) mass is 262 g/mol. The van der Waals surface area contributed by atoms with Gasteiger partial charge in [0.15, 0.2) is 0 Å². The maximum Gasteiger partial charge on any atom is 0.141 e. The number of rotatable bonds is 5. The van der Waals surface area contributed by atoms with E-state index >= 15 is 0 Å². The van der Waals surface area contributed by atoms with Crippen molar-refractivity contribution in [2.45, 2.75) is 45.1 Å². The van der Waals surface area contributed by atoms with Gasteiger partial charge in [-0.25, -0.2) is 0 Å². The Morgan fingerprint density at radius 2 is 2.32 bits per heavy atom. The van der Waals surface area contributed by atoms with Crippen molar-refractivity contribution >= 4 is 0 Å². The number of pyridine rings is 1. The van der Waals surface area contributed by atoms with Gasteiger partial charge in [0.25, 0.3) is 0 Å². The van der Waals surface area contributed by atoms with E-state index in [-0.39, 0.29) is 0 Å². The Hall–Kier alpha value is -1.09. The predicted octanol–water partition coefficient (Wildman–Crippen LogP) is 3.57. The van der Waals surface area contributed by atoms with Crippen molar-refractivity contribution in [2.24, 2.45) is 11.8 Å². The zero-order chi connectivity index (χ0) is 13.7. The Morgan fingerprint density at radius 3 is 3.00 bits per heavy atom. The number of nitrogens with one attached hydrogen (secondary N) is 1. The number of hydrogen-bond donors (Lipinski definition) is 1. The minimum absolute atomic E-state index is 0.382. The first kappa shape index (κ1) is 14.3. The Kier molecular flexibility index (Phi) is 5.20. The van der Waals surface area contributed by atoms with Crippen molar-refractivity contribution in [1.29, 1.82) is 0 Å². The van der Waals surface area contributed by atoms with Crippen LogP contribution in [0.15, 0.2) is 18.5 Å². The first-order valence-electron chi connectivity index (χ1n) is 7.45. The molecule has 0 saturated heterocycles. The first-order chi connectivity index (χ1) is 9.30. The Bertz CT molecular complexity index is 394. The molecule has 106 valence electrons. The molecule has 2 rings (SSSR count). The SMILES string of the molecule is CCC1CCCC(C(NC)c2ccncc2OC)C1. The molecule has 1 aliphatic carbocycles. The maximum absolute atomic E-state index is 5.47. The van der Waals surface area contributed by atoms with Gasteiger partial charge >= 0.3 is 0 Å². The van der Waals surface area contributed by atoms with Gasteiger partial charge in [0.1, 0.15) is 5.75 Å². The molecule has 0 aliphatic heterocycles. The lowest BCUT2D eigenvalue weighted by molar-refractivity contribution is 0.212. The van der Waals surface area contributed by atoms with Gasteiger partial charge in [-0.3, -0.25) is 4.98 Å². The highest BCUT2D eigenvalue weighted by atomic mass is 16.5. The van der Waals surface area contributed by atoms with Crippen molar-refractivity contribution in [3.63, 3.8) is 0 Å². The van der Waals surface area contributed by atoms with Gasteiger partial charge in [0, 0.05) is 17.8 Å². The summed E-state index contributed by atoms with van der Waals surface area (Å²) in [5, 5.41) is 3.50. The predicted molar refractivity (Wildman–Crippen MR) is 78.3 cm³/mol. The molecule has 1 aliphatic rings. The van der Waals surface area contributed by atoms with Crippen LogP contribution in [0, 0.1) is 11.8 Å². The standard InChI is InChI=1S/C16H26N2O/c1-4-12-6-5-7-13(10-12)16(17-2)14-8-9-18-11-15(14)19-3/h8-9,11-13,16-17H,4-7,10H2,1-3H3. The lowest BCUT2D eigenvalue weighted by atomic mass is 9.75. The Labute approximate surface area is 116 Å². The van der Waals surface area contributed by atoms with Crippen LogP contribution in [-0.2, 0) is 0 Å². The maximum atomic E-state index is 5.47. The van der Waals surface area contributed by atoms with Gasteiger partial charge in [-0.2, -0.15) is 0 Å². The molecule has 1 heterocycles. The molecule has 1 aromatic heterocycles. The average Bonchev–Trinajstić information content (AvgIpc) is 2.49. The van der Waals surface area contributed by atoms with Gasteiger partial charge in [-0.05, 0) is 37.8 Å². The molecule has 0 spiro atoms. The molecule has 0 radical (unpaired) electrons. The molecule has 0 amide bonds. The fourth-order valence-electron chi connectivity index (χ4n) is 3.47. The highest BCUT2D eigenvalue weighted by molar-refractivity contribution is 5.33. The highest BCUT2D eigenvalue weighted by Gasteiger charge is 2.29. The van der Waals surface area contributed by atoms with Gasteiger partial charge in [-0.15, -0.1) is 0 Å². The molecular weight excluding hydrogens is 236 g/mol. The highest BCUT2D eigenvalue weighted by Crippen LogP contribution is 2.40. The van der Waals surface area contributed by atoms with Crippen LogP contribution in [0.4, 0.5) is 0 Å². The third-order valence-corrected chi connectivity index (χ3v) is 4.55. The first-order valence-corrected chi connectivity index (χ1v) is 7.45. The summed E-state index contributed by atoms with van der Waals surface area (Å²) in [4.78, 5) is 4.16. The van der Waals surface area contributed by atoms with Crippen LogP contribution in [0.3, 0.4) is 0 Å². The lowest BCUT2D eigenvalue weighted by Crippen LogP contribution is -2.29. The van der Waals surface area contributed by atoms with Crippen molar-refractivity contribution in [3.8, 4) is 5.75 Å². The molecule has 3 unspecified atom stereocenters. The number of aromatic nitrogens is 1. The molecule has 3 atom stereocenters. The minimum atomic E-state index is 0.382. The van der Waals surface area contributed by atoms with Crippen LogP contribution in [0.1, 0.15) is 50.6 Å². The van der Waals surface area contributed by atoms with Crippen LogP contribution in [0.25, 0.3) is 0 Å². The van der Waals surface area contributed by atoms with Crippen LogP contribution in [0.5, 0.6) is 5.75 Å². The van der Waals surface area contributed by atoms with Crippen LogP contribution < -0.4 is 10.1 Å². The third-order valence-electron chi connectivity index (χ3n) is 4.55. The van der Waals surface area contributed by atoms with E-state index < -0.39 is 0 Å². The second kappa shape index (κ2) is 6.90. The summed E-state index contributed by atoms with van der Waals surface area (Å²) in [6.45, 7) is 2.31. The summed E-state index contributed by atoms with van der Waals surface area (Å²) in [7, 11) is 3.78. The van der Waals surface area contributed by atoms with Crippen molar-refractivity contribution in [2.75, 3.05) is 14.2 Å². The molecule has 1 fully saturated rings. The second-order valence-electron chi connectivity index (χ2n) is 5.58. The van der Waals surface area contributed by atoms with Crippen molar-refractivity contribution in [3.05, 3.63) is 24.0 Å². The molecule has 0 aromatic carbocycles. The smallest absolute Gasteiger partial charge is 0.141 e. The second-order valence-corrected chi connectivity index (χ2v) is 5.58. The molecule has 3 heteroatoms. The number of hydrogen-bond acceptors (Lipinski definition) is 3. The Morgan fingerprint density at radius 1 is 1.47 bits per heavy atom. The molecule has 0 bridgehead atoms. The van der Waals surface area contributed by atoms with E-state index in [2.05, 4.69) is 30.3 Å². The van der Waals surface area contributed by atoms with Crippen LogP contribution >= 0.6 is 0 Å². The average molecular weight is 262 g/mol. The third kappa shape index (κ3) is 3.27. The van der Waals surface area contributed by atoms with Crippen molar-refractivity contribution in [1.82, 2.24) is 10.3 Å². The fraction of sp³-hybridized carbons (Fsp3) is 0.688. The zero-order valence-corrected chi connectivity index (χ0v) is 12.4. The van der Waals surface area contributed by atoms with Crippen molar-refractivity contribution < 1.29 is 4.74 Å². The van der Waals surface area contributed by atoms with E-state index in [1.54, 1.807) is 7.11 Å². The summed E-state index contributed by atoms with van der Waals surface area (Å²) >= 11 is 0. The molecule has 3 nitrogen and oxygen atoms in total. The van der Waals surface area contributed by atoms with E-state index in [0.29, 0.717) is 12.0 Å². The summed E-state index contributed by atoms with van der Waals surface area (Å²) in [5.41, 5.74) is 1.25. The van der Waals surface area contributed by atoms with E-state index in [4.69, 9.17) is 4.74 Å². The zero-order valence-electron chi connectivity index (χ0n) is 12.4. The molecule has 1 saturated carbocycles. The summed E-state index contributed by atoms with van der Waals surface area (Å²) in [5.74, 6) is 2.50. The van der Waals surface area contributed by atoms with E-state index in [0.717, 1.165) is 11.7 Å². The van der Waals surface area contributed by atoms with E-state index in [1.807, 2.05) is 12.4 Å². The lowest BCUT2D eigenvalue weighted by Gasteiger charge is -2.34. The fourth-order valence-corrected chi connectivity index (χ4v) is 3.47. The number of methoxy groups -OCH3 is 1. The normalized spacial score (nSPS) is 25.0. The molecule has 1 N–H and O–H groups in total. The van der Waals surface area contributed by atoms with Gasteiger partial charge < -0.3 is 10.1 Å². The van der Waals surface area contributed by atoms with Gasteiger partial charge in [-0.1, -0.05) is 26.2 Å². The van der Waals surface area contributed by atoms with E-state index in [1.165, 1.54) is 37.7 Å². The molecular formula is C16H26N2O. The number of nitrogens with zero attached hydrogens (tertiary/aromatic N) is 1. The topological polar surface area (TPSA) is 34.2 Å². The molecule has 19 heavy (non-hydrogen) atoms. The van der Waals surface area contributed by atoms with Gasteiger partial charge in [0.05, 0.1) is 13.3 Å². The number of ether oxygens (including phenoxy) is 1. The van der Waals surface area contributed by atoms with E-state index in [9.17, 15) is 0 Å². The van der Waals surface area contributed by atoms with Crippen LogP contribution in [-0.4, -0.2) is 19.1 Å². The largest absolute Gasteiger partial charge is 0.495 e. The Balaban J connectivity index is 2.19. The quantitative estimate of drug-likeness (QED) is 0.881. The summed E-state index contributed by atoms with van der Waals surface area (Å²) in [6, 6.07) is 2.47. The van der Waals surface area contributed by atoms with Gasteiger partial charge in [0.2, 0.25) is 0 Å². The summed E-state index contributed by atoms with van der Waals surface area (Å²) < 4.78 is 5.47. The summed E-state index contributed by atoms with van der Waals surface area (Å²) in [6.07, 6.45) is 10.4.